The summed E-state index contributed by atoms with van der Waals surface area (Å²) in [7, 11) is 0. The van der Waals surface area contributed by atoms with Crippen LogP contribution in [0.2, 0.25) is 0 Å². The van der Waals surface area contributed by atoms with Gasteiger partial charge in [-0.25, -0.2) is 4.79 Å². The van der Waals surface area contributed by atoms with Gasteiger partial charge in [-0.15, -0.1) is 0 Å². The molecule has 0 aromatic heterocycles. The van der Waals surface area contributed by atoms with Gasteiger partial charge in [0.05, 0.1) is 5.92 Å². The number of carbonyl (C=O) groups is 3. The van der Waals surface area contributed by atoms with Gasteiger partial charge in [0.15, 0.2) is 0 Å². The van der Waals surface area contributed by atoms with Crippen LogP contribution < -0.4 is 0 Å². The van der Waals surface area contributed by atoms with E-state index in [1.807, 2.05) is 60.7 Å². The molecule has 7 nitrogen and oxygen atoms in total. The van der Waals surface area contributed by atoms with Crippen molar-refractivity contribution < 1.29 is 19.1 Å². The van der Waals surface area contributed by atoms with Crippen LogP contribution in [0, 0.1) is 5.92 Å². The molecule has 0 N–H and O–H groups in total. The highest BCUT2D eigenvalue weighted by Gasteiger charge is 2.37. The molecule has 3 amide bonds. The zero-order valence-electron chi connectivity index (χ0n) is 17.5. The molecular formula is C24H27N3O4. The standard InChI is InChI=1S/C24H27N3O4/c28-22-15-21(17-27(22)16-19-7-3-1-4-8-19)23(29)25-11-13-26(14-12-25)24(30)31-18-20-9-5-2-6-10-20/h1-10,21H,11-18H2. The first-order chi connectivity index (χ1) is 15.1. The second kappa shape index (κ2) is 9.64. The number of hydrogen-bond acceptors (Lipinski definition) is 4. The minimum atomic E-state index is -0.360. The molecule has 2 heterocycles. The predicted molar refractivity (Wildman–Crippen MR) is 115 cm³/mol. The van der Waals surface area contributed by atoms with E-state index in [0.29, 0.717) is 39.3 Å². The number of hydrogen-bond donors (Lipinski definition) is 0. The number of carbonyl (C=O) groups excluding carboxylic acids is 3. The molecule has 0 saturated carbocycles. The van der Waals surface area contributed by atoms with Crippen LogP contribution in [0.3, 0.4) is 0 Å². The minimum absolute atomic E-state index is 0.00112. The van der Waals surface area contributed by atoms with Crippen LogP contribution in [0.15, 0.2) is 60.7 Å². The normalized spacial score (nSPS) is 18.9. The molecule has 0 radical (unpaired) electrons. The lowest BCUT2D eigenvalue weighted by Gasteiger charge is -2.35. The van der Waals surface area contributed by atoms with Gasteiger partial charge in [0.1, 0.15) is 6.61 Å². The number of ether oxygens (including phenoxy) is 1. The van der Waals surface area contributed by atoms with Crippen LogP contribution in [0.4, 0.5) is 4.79 Å². The molecule has 2 aliphatic heterocycles. The maximum absolute atomic E-state index is 12.9. The van der Waals surface area contributed by atoms with Crippen molar-refractivity contribution in [3.63, 3.8) is 0 Å². The Morgan fingerprint density at radius 2 is 1.42 bits per heavy atom. The van der Waals surface area contributed by atoms with E-state index in [4.69, 9.17) is 4.74 Å². The molecule has 31 heavy (non-hydrogen) atoms. The highest BCUT2D eigenvalue weighted by molar-refractivity contribution is 5.89. The van der Waals surface area contributed by atoms with E-state index in [1.165, 1.54) is 0 Å². The fourth-order valence-electron chi connectivity index (χ4n) is 4.07. The summed E-state index contributed by atoms with van der Waals surface area (Å²) >= 11 is 0. The van der Waals surface area contributed by atoms with Gasteiger partial charge >= 0.3 is 6.09 Å². The van der Waals surface area contributed by atoms with E-state index in [-0.39, 0.29) is 36.9 Å². The van der Waals surface area contributed by atoms with Crippen molar-refractivity contribution in [3.05, 3.63) is 71.8 Å². The number of nitrogens with zero attached hydrogens (tertiary/aromatic N) is 3. The molecule has 0 aliphatic carbocycles. The Hall–Kier alpha value is -3.35. The lowest BCUT2D eigenvalue weighted by Crippen LogP contribution is -2.52. The summed E-state index contributed by atoms with van der Waals surface area (Å²) < 4.78 is 5.38. The molecule has 2 fully saturated rings. The average Bonchev–Trinajstić information content (AvgIpc) is 3.18. The van der Waals surface area contributed by atoms with E-state index in [2.05, 4.69) is 0 Å². The Kier molecular flexibility index (Phi) is 6.50. The molecule has 7 heteroatoms. The Morgan fingerprint density at radius 3 is 2.06 bits per heavy atom. The van der Waals surface area contributed by atoms with Gasteiger partial charge in [-0.05, 0) is 11.1 Å². The summed E-state index contributed by atoms with van der Waals surface area (Å²) in [5, 5.41) is 0. The third-order valence-electron chi connectivity index (χ3n) is 5.83. The Bertz CT molecular complexity index is 911. The Labute approximate surface area is 182 Å². The summed E-state index contributed by atoms with van der Waals surface area (Å²) in [6, 6.07) is 19.4. The summed E-state index contributed by atoms with van der Waals surface area (Å²) in [6.07, 6.45) is -0.105. The molecule has 1 atom stereocenters. The van der Waals surface area contributed by atoms with Crippen LogP contribution in [-0.4, -0.2) is 65.3 Å². The van der Waals surface area contributed by atoms with E-state index >= 15 is 0 Å². The van der Waals surface area contributed by atoms with Gasteiger partial charge in [0.25, 0.3) is 0 Å². The fourth-order valence-corrected chi connectivity index (χ4v) is 4.07. The van der Waals surface area contributed by atoms with Gasteiger partial charge in [0.2, 0.25) is 11.8 Å². The average molecular weight is 421 g/mol. The van der Waals surface area contributed by atoms with E-state index in [1.54, 1.807) is 14.7 Å². The maximum atomic E-state index is 12.9. The number of rotatable bonds is 5. The first-order valence-corrected chi connectivity index (χ1v) is 10.7. The van der Waals surface area contributed by atoms with Crippen molar-refractivity contribution >= 4 is 17.9 Å². The molecule has 0 bridgehead atoms. The van der Waals surface area contributed by atoms with Crippen molar-refractivity contribution in [1.29, 1.82) is 0 Å². The van der Waals surface area contributed by atoms with Crippen molar-refractivity contribution in [3.8, 4) is 0 Å². The van der Waals surface area contributed by atoms with Gasteiger partial charge in [-0.1, -0.05) is 60.7 Å². The van der Waals surface area contributed by atoms with Crippen LogP contribution in [-0.2, 0) is 27.5 Å². The quantitative estimate of drug-likeness (QED) is 0.744. The maximum Gasteiger partial charge on any atom is 0.410 e. The first kappa shape index (κ1) is 20.9. The zero-order chi connectivity index (χ0) is 21.6. The molecule has 1 unspecified atom stereocenters. The van der Waals surface area contributed by atoms with Crippen LogP contribution in [0.1, 0.15) is 17.5 Å². The third-order valence-corrected chi connectivity index (χ3v) is 5.83. The van der Waals surface area contributed by atoms with E-state index in [9.17, 15) is 14.4 Å². The van der Waals surface area contributed by atoms with Crippen LogP contribution >= 0.6 is 0 Å². The van der Waals surface area contributed by atoms with Crippen LogP contribution in [0.5, 0.6) is 0 Å². The van der Waals surface area contributed by atoms with Crippen molar-refractivity contribution in [1.82, 2.24) is 14.7 Å². The van der Waals surface area contributed by atoms with Gasteiger partial charge < -0.3 is 19.4 Å². The van der Waals surface area contributed by atoms with E-state index < -0.39 is 0 Å². The first-order valence-electron chi connectivity index (χ1n) is 10.7. The molecule has 2 aromatic carbocycles. The van der Waals surface area contributed by atoms with Crippen molar-refractivity contribution in [2.75, 3.05) is 32.7 Å². The number of amides is 3. The number of piperazine rings is 1. The minimum Gasteiger partial charge on any atom is -0.445 e. The monoisotopic (exact) mass is 421 g/mol. The molecule has 162 valence electrons. The molecule has 0 spiro atoms. The highest BCUT2D eigenvalue weighted by Crippen LogP contribution is 2.23. The smallest absolute Gasteiger partial charge is 0.410 e. The predicted octanol–water partition coefficient (Wildman–Crippen LogP) is 2.52. The molecule has 2 aliphatic rings. The van der Waals surface area contributed by atoms with Gasteiger partial charge in [-0.3, -0.25) is 9.59 Å². The Morgan fingerprint density at radius 1 is 0.839 bits per heavy atom. The molecular weight excluding hydrogens is 394 g/mol. The largest absolute Gasteiger partial charge is 0.445 e. The number of benzene rings is 2. The second-order valence-corrected chi connectivity index (χ2v) is 8.01. The van der Waals surface area contributed by atoms with Crippen LogP contribution in [0.25, 0.3) is 0 Å². The van der Waals surface area contributed by atoms with Gasteiger partial charge in [0, 0.05) is 45.7 Å². The van der Waals surface area contributed by atoms with Crippen molar-refractivity contribution in [2.45, 2.75) is 19.6 Å². The third kappa shape index (κ3) is 5.23. The molecule has 2 saturated heterocycles. The summed E-state index contributed by atoms with van der Waals surface area (Å²) in [4.78, 5) is 42.8. The fraction of sp³-hybridized carbons (Fsp3) is 0.375. The topological polar surface area (TPSA) is 70.2 Å². The molecule has 4 rings (SSSR count). The zero-order valence-corrected chi connectivity index (χ0v) is 17.5. The SMILES string of the molecule is O=C1CC(C(=O)N2CCN(C(=O)OCc3ccccc3)CC2)CN1Cc1ccccc1. The summed E-state index contributed by atoms with van der Waals surface area (Å²) in [6.45, 7) is 3.02. The number of likely N-dealkylation sites (tertiary alicyclic amines) is 1. The summed E-state index contributed by atoms with van der Waals surface area (Å²) in [5.41, 5.74) is 2.00. The summed E-state index contributed by atoms with van der Waals surface area (Å²) in [5.74, 6) is -0.292. The lowest BCUT2D eigenvalue weighted by atomic mass is 10.1. The molecule has 2 aromatic rings. The highest BCUT2D eigenvalue weighted by atomic mass is 16.6. The van der Waals surface area contributed by atoms with E-state index in [0.717, 1.165) is 11.1 Å². The van der Waals surface area contributed by atoms with Crippen molar-refractivity contribution in [2.24, 2.45) is 5.92 Å². The second-order valence-electron chi connectivity index (χ2n) is 8.01. The van der Waals surface area contributed by atoms with Gasteiger partial charge in [-0.2, -0.15) is 0 Å². The lowest BCUT2D eigenvalue weighted by molar-refractivity contribution is -0.137. The Balaban J connectivity index is 1.23.